The van der Waals surface area contributed by atoms with Gasteiger partial charge in [-0.2, -0.15) is 0 Å². The van der Waals surface area contributed by atoms with Crippen molar-refractivity contribution < 1.29 is 9.47 Å². The highest BCUT2D eigenvalue weighted by atomic mass is 35.5. The number of hydrogen-bond acceptors (Lipinski definition) is 3. The summed E-state index contributed by atoms with van der Waals surface area (Å²) < 4.78 is 10.2. The lowest BCUT2D eigenvalue weighted by Gasteiger charge is -2.08. The number of rotatable bonds is 7. The lowest BCUT2D eigenvalue weighted by atomic mass is 10.2. The standard InChI is InChI=1S/C13H16ClNO2/c1-3-7-17-13-5-4-11(9-12(13)14)10-15-6-8-16-2/h1,4-5,9,15H,6-8,10H2,2H3. The van der Waals surface area contributed by atoms with Gasteiger partial charge in [-0.15, -0.1) is 6.42 Å². The fourth-order valence-electron chi connectivity index (χ4n) is 1.30. The number of hydrogen-bond donors (Lipinski definition) is 1. The van der Waals surface area contributed by atoms with Crippen molar-refractivity contribution in [2.75, 3.05) is 26.9 Å². The number of nitrogens with one attached hydrogen (secondary N) is 1. The summed E-state index contributed by atoms with van der Waals surface area (Å²) in [5.74, 6) is 3.02. The molecule has 0 atom stereocenters. The van der Waals surface area contributed by atoms with E-state index in [4.69, 9.17) is 27.5 Å². The molecule has 1 aromatic carbocycles. The molecule has 0 fully saturated rings. The number of halogens is 1. The monoisotopic (exact) mass is 253 g/mol. The van der Waals surface area contributed by atoms with E-state index in [1.165, 1.54) is 0 Å². The second kappa shape index (κ2) is 7.97. The zero-order valence-corrected chi connectivity index (χ0v) is 10.6. The Morgan fingerprint density at radius 3 is 2.94 bits per heavy atom. The third kappa shape index (κ3) is 5.10. The molecule has 0 aliphatic carbocycles. The first-order valence-corrected chi connectivity index (χ1v) is 5.70. The Morgan fingerprint density at radius 2 is 2.29 bits per heavy atom. The highest BCUT2D eigenvalue weighted by molar-refractivity contribution is 6.32. The van der Waals surface area contributed by atoms with Crippen LogP contribution in [0, 0.1) is 12.3 Å². The van der Waals surface area contributed by atoms with Crippen LogP contribution in [0.15, 0.2) is 18.2 Å². The highest BCUT2D eigenvalue weighted by Gasteiger charge is 2.02. The van der Waals surface area contributed by atoms with Crippen LogP contribution in [0.5, 0.6) is 5.75 Å². The van der Waals surface area contributed by atoms with Gasteiger partial charge in [0.15, 0.2) is 0 Å². The van der Waals surface area contributed by atoms with Crippen LogP contribution in [0.1, 0.15) is 5.56 Å². The smallest absolute Gasteiger partial charge is 0.148 e. The topological polar surface area (TPSA) is 30.5 Å². The lowest BCUT2D eigenvalue weighted by molar-refractivity contribution is 0.199. The van der Waals surface area contributed by atoms with E-state index in [2.05, 4.69) is 11.2 Å². The van der Waals surface area contributed by atoms with E-state index >= 15 is 0 Å². The van der Waals surface area contributed by atoms with Gasteiger partial charge in [0.1, 0.15) is 12.4 Å². The Hall–Kier alpha value is -1.21. The molecule has 0 aliphatic heterocycles. The maximum Gasteiger partial charge on any atom is 0.148 e. The summed E-state index contributed by atoms with van der Waals surface area (Å²) in [5, 5.41) is 3.81. The fraction of sp³-hybridized carbons (Fsp3) is 0.385. The van der Waals surface area contributed by atoms with Crippen LogP contribution < -0.4 is 10.1 Å². The Morgan fingerprint density at radius 1 is 1.47 bits per heavy atom. The molecule has 0 heterocycles. The molecular formula is C13H16ClNO2. The third-order valence-corrected chi connectivity index (χ3v) is 2.41. The van der Waals surface area contributed by atoms with Crippen LogP contribution in [0.25, 0.3) is 0 Å². The minimum absolute atomic E-state index is 0.227. The van der Waals surface area contributed by atoms with Crippen molar-refractivity contribution in [2.45, 2.75) is 6.54 Å². The number of benzene rings is 1. The maximum atomic E-state index is 6.06. The van der Waals surface area contributed by atoms with Gasteiger partial charge in [-0.25, -0.2) is 0 Å². The van der Waals surface area contributed by atoms with Crippen molar-refractivity contribution in [3.63, 3.8) is 0 Å². The molecule has 0 saturated heterocycles. The Kier molecular flexibility index (Phi) is 6.49. The minimum Gasteiger partial charge on any atom is -0.479 e. The van der Waals surface area contributed by atoms with Crippen LogP contribution in [0.3, 0.4) is 0 Å². The van der Waals surface area contributed by atoms with E-state index in [0.29, 0.717) is 17.4 Å². The largest absolute Gasteiger partial charge is 0.479 e. The van der Waals surface area contributed by atoms with Crippen molar-refractivity contribution in [2.24, 2.45) is 0 Å². The fourth-order valence-corrected chi connectivity index (χ4v) is 1.56. The second-order valence-corrected chi connectivity index (χ2v) is 3.83. The molecule has 0 bridgehead atoms. The Labute approximate surface area is 107 Å². The molecule has 1 rings (SSSR count). The summed E-state index contributed by atoms with van der Waals surface area (Å²) in [7, 11) is 1.68. The molecule has 92 valence electrons. The van der Waals surface area contributed by atoms with Crippen LogP contribution in [-0.2, 0) is 11.3 Å². The Balaban J connectivity index is 2.47. The van der Waals surface area contributed by atoms with Crippen molar-refractivity contribution in [3.05, 3.63) is 28.8 Å². The quantitative estimate of drug-likeness (QED) is 0.596. The van der Waals surface area contributed by atoms with Gasteiger partial charge in [0.25, 0.3) is 0 Å². The number of methoxy groups -OCH3 is 1. The molecule has 0 spiro atoms. The van der Waals surface area contributed by atoms with E-state index in [-0.39, 0.29) is 6.61 Å². The van der Waals surface area contributed by atoms with E-state index < -0.39 is 0 Å². The summed E-state index contributed by atoms with van der Waals surface area (Å²) in [6.07, 6.45) is 5.11. The lowest BCUT2D eigenvalue weighted by Crippen LogP contribution is -2.18. The molecule has 0 aliphatic rings. The van der Waals surface area contributed by atoms with Crippen LogP contribution in [0.4, 0.5) is 0 Å². The van der Waals surface area contributed by atoms with Crippen LogP contribution in [-0.4, -0.2) is 26.9 Å². The van der Waals surface area contributed by atoms with Gasteiger partial charge in [-0.3, -0.25) is 0 Å². The van der Waals surface area contributed by atoms with Gasteiger partial charge < -0.3 is 14.8 Å². The summed E-state index contributed by atoms with van der Waals surface area (Å²) in [5.41, 5.74) is 1.10. The van der Waals surface area contributed by atoms with E-state index in [9.17, 15) is 0 Å². The Bertz CT molecular complexity index is 387. The van der Waals surface area contributed by atoms with Crippen LogP contribution in [0.2, 0.25) is 5.02 Å². The average molecular weight is 254 g/mol. The van der Waals surface area contributed by atoms with Crippen molar-refractivity contribution in [3.8, 4) is 18.1 Å². The van der Waals surface area contributed by atoms with E-state index in [1.54, 1.807) is 7.11 Å². The minimum atomic E-state index is 0.227. The van der Waals surface area contributed by atoms with Crippen molar-refractivity contribution in [1.82, 2.24) is 5.32 Å². The molecule has 0 radical (unpaired) electrons. The van der Waals surface area contributed by atoms with Gasteiger partial charge in [0.05, 0.1) is 11.6 Å². The zero-order chi connectivity index (χ0) is 12.5. The van der Waals surface area contributed by atoms with Gasteiger partial charge in [-0.1, -0.05) is 23.6 Å². The maximum absolute atomic E-state index is 6.06. The molecule has 0 saturated carbocycles. The molecule has 3 nitrogen and oxygen atoms in total. The zero-order valence-electron chi connectivity index (χ0n) is 9.83. The number of terminal acetylenes is 1. The van der Waals surface area contributed by atoms with Crippen molar-refractivity contribution in [1.29, 1.82) is 0 Å². The predicted octanol–water partition coefficient (Wildman–Crippen LogP) is 2.09. The first kappa shape index (κ1) is 13.9. The van der Waals surface area contributed by atoms with Gasteiger partial charge in [-0.05, 0) is 17.7 Å². The van der Waals surface area contributed by atoms with Gasteiger partial charge >= 0.3 is 0 Å². The number of ether oxygens (including phenoxy) is 2. The van der Waals surface area contributed by atoms with E-state index in [1.807, 2.05) is 18.2 Å². The molecule has 0 aromatic heterocycles. The summed E-state index contributed by atoms with van der Waals surface area (Å²) in [6, 6.07) is 5.65. The summed E-state index contributed by atoms with van der Waals surface area (Å²) in [4.78, 5) is 0. The SMILES string of the molecule is C#CCOc1ccc(CNCCOC)cc1Cl. The predicted molar refractivity (Wildman–Crippen MR) is 69.4 cm³/mol. The van der Waals surface area contributed by atoms with Crippen LogP contribution >= 0.6 is 11.6 Å². The highest BCUT2D eigenvalue weighted by Crippen LogP contribution is 2.25. The summed E-state index contributed by atoms with van der Waals surface area (Å²) >= 11 is 6.06. The van der Waals surface area contributed by atoms with Gasteiger partial charge in [0.2, 0.25) is 0 Å². The molecule has 1 aromatic rings. The molecule has 1 N–H and O–H groups in total. The molecule has 4 heteroatoms. The van der Waals surface area contributed by atoms with Gasteiger partial charge in [0, 0.05) is 20.2 Å². The molecule has 0 unspecified atom stereocenters. The first-order chi connectivity index (χ1) is 8.27. The first-order valence-electron chi connectivity index (χ1n) is 5.32. The third-order valence-electron chi connectivity index (χ3n) is 2.12. The van der Waals surface area contributed by atoms with E-state index in [0.717, 1.165) is 18.7 Å². The normalized spacial score (nSPS) is 9.94. The molecule has 0 amide bonds. The summed E-state index contributed by atoms with van der Waals surface area (Å²) in [6.45, 7) is 2.48. The average Bonchev–Trinajstić information content (AvgIpc) is 2.34. The molecular weight excluding hydrogens is 238 g/mol. The molecule has 17 heavy (non-hydrogen) atoms. The van der Waals surface area contributed by atoms with Crippen molar-refractivity contribution >= 4 is 11.6 Å². The second-order valence-electron chi connectivity index (χ2n) is 3.43.